The lowest BCUT2D eigenvalue weighted by atomic mass is 9.92. The van der Waals surface area contributed by atoms with Crippen LogP contribution in [-0.2, 0) is 0 Å². The first-order valence-corrected chi connectivity index (χ1v) is 22.2. The molecule has 0 bridgehead atoms. The predicted octanol–water partition coefficient (Wildman–Crippen LogP) is 17.8. The first kappa shape index (κ1) is 38.0. The molecule has 1 heterocycles. The number of rotatable bonds is 9. The summed E-state index contributed by atoms with van der Waals surface area (Å²) in [5, 5.41) is 7.07. The van der Waals surface area contributed by atoms with Gasteiger partial charge in [-0.2, -0.15) is 0 Å². The molecule has 65 heavy (non-hydrogen) atoms. The molecule has 0 fully saturated rings. The molecule has 0 saturated heterocycles. The van der Waals surface area contributed by atoms with Gasteiger partial charge in [0.15, 0.2) is 0 Å². The Morgan fingerprint density at radius 1 is 0.231 bits per heavy atom. The fourth-order valence-electron chi connectivity index (χ4n) is 9.52. The summed E-state index contributed by atoms with van der Waals surface area (Å²) in [6.07, 6.45) is 0. The molecule has 0 aliphatic rings. The minimum atomic E-state index is 0.866. The highest BCUT2D eigenvalue weighted by Gasteiger charge is 2.22. The Morgan fingerprint density at radius 3 is 1.42 bits per heavy atom. The molecule has 0 spiro atoms. The van der Waals surface area contributed by atoms with Crippen LogP contribution in [0.25, 0.3) is 76.9 Å². The van der Waals surface area contributed by atoms with Crippen molar-refractivity contribution >= 4 is 77.6 Å². The SMILES string of the molecule is c1ccc(-c2cccc(-c3ccc(N(c4ccccc4)c4cc(-c5cc6ccccc6c6ccccc56)cc(N(c5ccccc5)c5ccc6oc7ccccc7c6c5)c4)cc3)c2)cc1. The highest BCUT2D eigenvalue weighted by Crippen LogP contribution is 2.46. The van der Waals surface area contributed by atoms with Crippen molar-refractivity contribution in [3.63, 3.8) is 0 Å². The Bertz CT molecular complexity index is 3650. The normalized spacial score (nSPS) is 11.4. The zero-order valence-electron chi connectivity index (χ0n) is 35.6. The van der Waals surface area contributed by atoms with Gasteiger partial charge in [0.1, 0.15) is 11.2 Å². The second-order valence-corrected chi connectivity index (χ2v) is 16.5. The summed E-state index contributed by atoms with van der Waals surface area (Å²) in [7, 11) is 0. The highest BCUT2D eigenvalue weighted by atomic mass is 16.3. The number of furan rings is 1. The van der Waals surface area contributed by atoms with Gasteiger partial charge < -0.3 is 14.2 Å². The summed E-state index contributed by atoms with van der Waals surface area (Å²) in [5.74, 6) is 0. The third-order valence-electron chi connectivity index (χ3n) is 12.6. The average Bonchev–Trinajstić information content (AvgIpc) is 3.75. The maximum atomic E-state index is 6.34. The molecule has 306 valence electrons. The van der Waals surface area contributed by atoms with Crippen LogP contribution in [0.2, 0.25) is 0 Å². The third-order valence-corrected chi connectivity index (χ3v) is 12.6. The van der Waals surface area contributed by atoms with Crippen molar-refractivity contribution in [2.24, 2.45) is 0 Å². The smallest absolute Gasteiger partial charge is 0.135 e. The first-order chi connectivity index (χ1) is 32.2. The van der Waals surface area contributed by atoms with Crippen LogP contribution >= 0.6 is 0 Å². The van der Waals surface area contributed by atoms with Crippen LogP contribution in [0.5, 0.6) is 0 Å². The molecule has 3 heteroatoms. The lowest BCUT2D eigenvalue weighted by Gasteiger charge is -2.30. The van der Waals surface area contributed by atoms with E-state index in [0.29, 0.717) is 0 Å². The standard InChI is InChI=1S/C62H42N2O/c1-4-17-43(18-5-1)45-20-16-21-46(37-45)44-31-33-51(34-32-44)63(49-22-6-2-7-23-49)53-38-48(59-40-47-19-10-11-26-55(47)56-27-12-13-28-57(56)59)39-54(41-53)64(50-24-8-3-9-25-50)52-35-36-62-60(42-52)58-29-14-15-30-61(58)65-62/h1-42H. The van der Waals surface area contributed by atoms with Gasteiger partial charge in [-0.3, -0.25) is 0 Å². The molecule has 12 aromatic rings. The van der Waals surface area contributed by atoms with Crippen molar-refractivity contribution in [1.82, 2.24) is 0 Å². The minimum Gasteiger partial charge on any atom is -0.456 e. The molecule has 3 nitrogen and oxygen atoms in total. The van der Waals surface area contributed by atoms with E-state index in [0.717, 1.165) is 67.2 Å². The zero-order valence-corrected chi connectivity index (χ0v) is 35.6. The van der Waals surface area contributed by atoms with E-state index in [1.165, 1.54) is 43.8 Å². The van der Waals surface area contributed by atoms with Gasteiger partial charge in [-0.25, -0.2) is 0 Å². The summed E-state index contributed by atoms with van der Waals surface area (Å²) < 4.78 is 6.34. The molecule has 0 saturated carbocycles. The van der Waals surface area contributed by atoms with E-state index < -0.39 is 0 Å². The van der Waals surface area contributed by atoms with Gasteiger partial charge in [-0.15, -0.1) is 0 Å². The van der Waals surface area contributed by atoms with Crippen molar-refractivity contribution < 1.29 is 4.42 Å². The summed E-state index contributed by atoms with van der Waals surface area (Å²) in [5.41, 5.74) is 15.1. The second-order valence-electron chi connectivity index (χ2n) is 16.5. The molecular weight excluding hydrogens is 789 g/mol. The fourth-order valence-corrected chi connectivity index (χ4v) is 9.52. The van der Waals surface area contributed by atoms with Crippen LogP contribution < -0.4 is 9.80 Å². The number of fused-ring (bicyclic) bond motifs is 6. The summed E-state index contributed by atoms with van der Waals surface area (Å²) in [6.45, 7) is 0. The number of anilines is 6. The van der Waals surface area contributed by atoms with Gasteiger partial charge in [0.2, 0.25) is 0 Å². The van der Waals surface area contributed by atoms with Crippen LogP contribution in [0, 0.1) is 0 Å². The van der Waals surface area contributed by atoms with Crippen molar-refractivity contribution in [2.45, 2.75) is 0 Å². The Kier molecular flexibility index (Phi) is 9.50. The molecule has 0 aliphatic heterocycles. The van der Waals surface area contributed by atoms with Crippen molar-refractivity contribution in [3.8, 4) is 33.4 Å². The van der Waals surface area contributed by atoms with Crippen LogP contribution in [0.3, 0.4) is 0 Å². The molecular formula is C62H42N2O. The average molecular weight is 831 g/mol. The third kappa shape index (κ3) is 7.06. The van der Waals surface area contributed by atoms with E-state index in [9.17, 15) is 0 Å². The zero-order chi connectivity index (χ0) is 43.1. The van der Waals surface area contributed by atoms with Crippen molar-refractivity contribution in [1.29, 1.82) is 0 Å². The topological polar surface area (TPSA) is 19.6 Å². The lowest BCUT2D eigenvalue weighted by molar-refractivity contribution is 0.669. The molecule has 0 N–H and O–H groups in total. The Hall–Kier alpha value is -8.66. The molecule has 0 amide bonds. The molecule has 1 aromatic heterocycles. The maximum Gasteiger partial charge on any atom is 0.135 e. The molecule has 11 aromatic carbocycles. The minimum absolute atomic E-state index is 0.866. The summed E-state index contributed by atoms with van der Waals surface area (Å²) in [6, 6.07) is 91.6. The predicted molar refractivity (Wildman–Crippen MR) is 274 cm³/mol. The largest absolute Gasteiger partial charge is 0.456 e. The van der Waals surface area contributed by atoms with Gasteiger partial charge in [0.05, 0.1) is 0 Å². The number of para-hydroxylation sites is 3. The molecule has 0 radical (unpaired) electrons. The number of hydrogen-bond acceptors (Lipinski definition) is 3. The molecule has 12 rings (SSSR count). The summed E-state index contributed by atoms with van der Waals surface area (Å²) in [4.78, 5) is 4.76. The van der Waals surface area contributed by atoms with Gasteiger partial charge in [-0.05, 0) is 146 Å². The van der Waals surface area contributed by atoms with Gasteiger partial charge in [0.25, 0.3) is 0 Å². The summed E-state index contributed by atoms with van der Waals surface area (Å²) >= 11 is 0. The highest BCUT2D eigenvalue weighted by molar-refractivity contribution is 6.14. The Morgan fingerprint density at radius 2 is 0.723 bits per heavy atom. The quantitative estimate of drug-likeness (QED) is 0.135. The van der Waals surface area contributed by atoms with Gasteiger partial charge in [-0.1, -0.05) is 164 Å². The van der Waals surface area contributed by atoms with E-state index in [2.05, 4.69) is 252 Å². The van der Waals surface area contributed by atoms with Crippen LogP contribution in [-0.4, -0.2) is 0 Å². The molecule has 0 unspecified atom stereocenters. The van der Waals surface area contributed by atoms with E-state index in [-0.39, 0.29) is 0 Å². The monoisotopic (exact) mass is 830 g/mol. The number of benzene rings is 11. The molecule has 0 atom stereocenters. The van der Waals surface area contributed by atoms with Crippen LogP contribution in [0.4, 0.5) is 34.1 Å². The van der Waals surface area contributed by atoms with E-state index in [1.54, 1.807) is 0 Å². The van der Waals surface area contributed by atoms with Crippen molar-refractivity contribution in [3.05, 3.63) is 255 Å². The first-order valence-electron chi connectivity index (χ1n) is 22.2. The van der Waals surface area contributed by atoms with E-state index >= 15 is 0 Å². The van der Waals surface area contributed by atoms with Gasteiger partial charge in [0, 0.05) is 44.9 Å². The Labute approximate surface area is 378 Å². The Balaban J connectivity index is 1.08. The number of hydrogen-bond donors (Lipinski definition) is 0. The maximum absolute atomic E-state index is 6.34. The van der Waals surface area contributed by atoms with Crippen LogP contribution in [0.15, 0.2) is 259 Å². The van der Waals surface area contributed by atoms with E-state index in [4.69, 9.17) is 4.42 Å². The second kappa shape index (κ2) is 16.2. The molecule has 0 aliphatic carbocycles. The van der Waals surface area contributed by atoms with E-state index in [1.807, 2.05) is 12.1 Å². The number of nitrogens with zero attached hydrogens (tertiary/aromatic N) is 2. The van der Waals surface area contributed by atoms with Gasteiger partial charge >= 0.3 is 0 Å². The van der Waals surface area contributed by atoms with Crippen LogP contribution in [0.1, 0.15) is 0 Å². The van der Waals surface area contributed by atoms with Crippen molar-refractivity contribution in [2.75, 3.05) is 9.80 Å². The lowest BCUT2D eigenvalue weighted by Crippen LogP contribution is -2.13. The fraction of sp³-hybridized carbons (Fsp3) is 0.